The van der Waals surface area contributed by atoms with Crippen LogP contribution in [0.2, 0.25) is 5.02 Å². The Hall–Kier alpha value is -1.06. The van der Waals surface area contributed by atoms with Crippen molar-refractivity contribution in [3.63, 3.8) is 0 Å². The highest BCUT2D eigenvalue weighted by molar-refractivity contribution is 6.70. The lowest BCUT2D eigenvalue weighted by Gasteiger charge is -1.99. The number of nitrogens with zero attached hydrogens (tertiary/aromatic N) is 1. The Balaban J connectivity index is 2.89. The molecule has 1 aromatic rings. The molecule has 5 heteroatoms. The number of carbonyl (C=O) groups is 1. The maximum Gasteiger partial charge on any atom is 0.332 e. The molecular formula is C9H7Cl2NO2. The maximum atomic E-state index is 10.4. The van der Waals surface area contributed by atoms with Gasteiger partial charge in [-0.05, 0) is 6.07 Å². The van der Waals surface area contributed by atoms with Gasteiger partial charge in [0.15, 0.2) is 5.17 Å². The van der Waals surface area contributed by atoms with Crippen LogP contribution in [-0.2, 0) is 9.63 Å². The summed E-state index contributed by atoms with van der Waals surface area (Å²) >= 11 is 11.6. The molecule has 14 heavy (non-hydrogen) atoms. The van der Waals surface area contributed by atoms with E-state index in [0.717, 1.165) is 0 Å². The van der Waals surface area contributed by atoms with Gasteiger partial charge in [0, 0.05) is 12.5 Å². The van der Waals surface area contributed by atoms with Crippen molar-refractivity contribution in [1.82, 2.24) is 0 Å². The Kier molecular flexibility index (Phi) is 3.92. The Morgan fingerprint density at radius 2 is 2.07 bits per heavy atom. The molecule has 0 atom stereocenters. The smallest absolute Gasteiger partial charge is 0.317 e. The number of halogens is 2. The predicted molar refractivity (Wildman–Crippen MR) is 55.6 cm³/mol. The monoisotopic (exact) mass is 231 g/mol. The summed E-state index contributed by atoms with van der Waals surface area (Å²) in [7, 11) is 0. The predicted octanol–water partition coefficient (Wildman–Crippen LogP) is 2.80. The van der Waals surface area contributed by atoms with Crippen LogP contribution >= 0.6 is 23.2 Å². The Morgan fingerprint density at radius 1 is 1.43 bits per heavy atom. The van der Waals surface area contributed by atoms with Crippen LogP contribution in [0, 0.1) is 0 Å². The molecule has 0 heterocycles. The summed E-state index contributed by atoms with van der Waals surface area (Å²) in [4.78, 5) is 14.8. The fourth-order valence-electron chi connectivity index (χ4n) is 0.782. The van der Waals surface area contributed by atoms with E-state index < -0.39 is 5.97 Å². The fraction of sp³-hybridized carbons (Fsp3) is 0.111. The molecule has 0 radical (unpaired) electrons. The summed E-state index contributed by atoms with van der Waals surface area (Å²) in [5.74, 6) is -0.532. The van der Waals surface area contributed by atoms with Crippen LogP contribution in [0.1, 0.15) is 12.5 Å². The molecule has 0 saturated heterocycles. The maximum absolute atomic E-state index is 10.4. The molecule has 0 aliphatic heterocycles. The van der Waals surface area contributed by atoms with E-state index in [9.17, 15) is 4.79 Å². The van der Waals surface area contributed by atoms with Gasteiger partial charge in [0.25, 0.3) is 0 Å². The van der Waals surface area contributed by atoms with Gasteiger partial charge < -0.3 is 4.84 Å². The lowest BCUT2D eigenvalue weighted by Crippen LogP contribution is -1.97. The Bertz CT molecular complexity index is 377. The number of carbonyl (C=O) groups excluding carboxylic acids is 1. The van der Waals surface area contributed by atoms with Gasteiger partial charge in [-0.3, -0.25) is 0 Å². The van der Waals surface area contributed by atoms with Gasteiger partial charge in [0.1, 0.15) is 0 Å². The van der Waals surface area contributed by atoms with Crippen LogP contribution in [0.5, 0.6) is 0 Å². The second-order valence-corrected chi connectivity index (χ2v) is 3.21. The molecular weight excluding hydrogens is 225 g/mol. The highest BCUT2D eigenvalue weighted by Gasteiger charge is 2.05. The number of oxime groups is 1. The summed E-state index contributed by atoms with van der Waals surface area (Å²) in [6, 6.07) is 6.87. The molecule has 1 aromatic carbocycles. The number of rotatable bonds is 2. The largest absolute Gasteiger partial charge is 0.332 e. The lowest BCUT2D eigenvalue weighted by atomic mass is 10.2. The SMILES string of the molecule is CC(=O)O/N=C(/Cl)c1ccccc1Cl. The van der Waals surface area contributed by atoms with Crippen molar-refractivity contribution in [3.05, 3.63) is 34.9 Å². The Labute approximate surface area is 91.3 Å². The molecule has 0 amide bonds. The van der Waals surface area contributed by atoms with E-state index in [-0.39, 0.29) is 5.17 Å². The number of benzene rings is 1. The van der Waals surface area contributed by atoms with Gasteiger partial charge in [-0.1, -0.05) is 46.6 Å². The molecule has 1 rings (SSSR count). The minimum Gasteiger partial charge on any atom is -0.317 e. The highest BCUT2D eigenvalue weighted by atomic mass is 35.5. The van der Waals surface area contributed by atoms with E-state index in [0.29, 0.717) is 10.6 Å². The van der Waals surface area contributed by atoms with E-state index in [1.807, 2.05) is 0 Å². The third-order valence-electron chi connectivity index (χ3n) is 1.35. The van der Waals surface area contributed by atoms with Gasteiger partial charge in [0.2, 0.25) is 0 Å². The molecule has 0 fully saturated rings. The standard InChI is InChI=1S/C9H7Cl2NO2/c1-6(13)14-12-9(11)7-4-2-3-5-8(7)10/h2-5H,1H3/b12-9+. The molecule has 0 saturated carbocycles. The third-order valence-corrected chi connectivity index (χ3v) is 1.95. The first-order valence-electron chi connectivity index (χ1n) is 3.77. The quantitative estimate of drug-likeness (QED) is 0.446. The van der Waals surface area contributed by atoms with Crippen molar-refractivity contribution in [2.75, 3.05) is 0 Å². The second kappa shape index (κ2) is 4.98. The van der Waals surface area contributed by atoms with Crippen LogP contribution in [0.3, 0.4) is 0 Å². The van der Waals surface area contributed by atoms with E-state index in [4.69, 9.17) is 23.2 Å². The number of hydrogen-bond donors (Lipinski definition) is 0. The van der Waals surface area contributed by atoms with Gasteiger partial charge >= 0.3 is 5.97 Å². The topological polar surface area (TPSA) is 38.7 Å². The Morgan fingerprint density at radius 3 is 2.64 bits per heavy atom. The van der Waals surface area contributed by atoms with Crippen molar-refractivity contribution in [3.8, 4) is 0 Å². The van der Waals surface area contributed by atoms with Crippen LogP contribution < -0.4 is 0 Å². The first kappa shape index (κ1) is 11.0. The van der Waals surface area contributed by atoms with Crippen LogP contribution in [-0.4, -0.2) is 11.1 Å². The molecule has 0 N–H and O–H groups in total. The zero-order valence-corrected chi connectivity index (χ0v) is 8.84. The zero-order valence-electron chi connectivity index (χ0n) is 7.33. The van der Waals surface area contributed by atoms with E-state index >= 15 is 0 Å². The zero-order chi connectivity index (χ0) is 10.6. The van der Waals surface area contributed by atoms with Gasteiger partial charge in [-0.25, -0.2) is 4.79 Å². The van der Waals surface area contributed by atoms with Crippen molar-refractivity contribution < 1.29 is 9.63 Å². The van der Waals surface area contributed by atoms with Crippen LogP contribution in [0.15, 0.2) is 29.4 Å². The van der Waals surface area contributed by atoms with Crippen LogP contribution in [0.4, 0.5) is 0 Å². The summed E-state index contributed by atoms with van der Waals surface area (Å²) < 4.78 is 0. The normalized spacial score (nSPS) is 11.2. The second-order valence-electron chi connectivity index (χ2n) is 2.44. The van der Waals surface area contributed by atoms with E-state index in [2.05, 4.69) is 9.99 Å². The molecule has 0 aliphatic rings. The minimum atomic E-state index is -0.532. The van der Waals surface area contributed by atoms with E-state index in [1.165, 1.54) is 6.92 Å². The molecule has 0 spiro atoms. The average Bonchev–Trinajstić information content (AvgIpc) is 2.15. The summed E-state index contributed by atoms with van der Waals surface area (Å²) in [5.41, 5.74) is 0.525. The van der Waals surface area contributed by atoms with Crippen molar-refractivity contribution in [1.29, 1.82) is 0 Å². The molecule has 0 unspecified atom stereocenters. The van der Waals surface area contributed by atoms with Crippen LogP contribution in [0.25, 0.3) is 0 Å². The molecule has 0 bridgehead atoms. The van der Waals surface area contributed by atoms with Gasteiger partial charge in [-0.15, -0.1) is 0 Å². The van der Waals surface area contributed by atoms with Gasteiger partial charge in [-0.2, -0.15) is 0 Å². The average molecular weight is 232 g/mol. The van der Waals surface area contributed by atoms with Gasteiger partial charge in [0.05, 0.1) is 5.02 Å². The first-order chi connectivity index (χ1) is 6.61. The van der Waals surface area contributed by atoms with Crippen molar-refractivity contribution >= 4 is 34.3 Å². The summed E-state index contributed by atoms with van der Waals surface area (Å²) in [6.45, 7) is 1.24. The molecule has 74 valence electrons. The first-order valence-corrected chi connectivity index (χ1v) is 4.53. The fourth-order valence-corrected chi connectivity index (χ4v) is 1.25. The minimum absolute atomic E-state index is 0.0470. The molecule has 0 aromatic heterocycles. The highest BCUT2D eigenvalue weighted by Crippen LogP contribution is 2.17. The summed E-state index contributed by atoms with van der Waals surface area (Å²) in [6.07, 6.45) is 0. The van der Waals surface area contributed by atoms with Crippen molar-refractivity contribution in [2.24, 2.45) is 5.16 Å². The summed E-state index contributed by atoms with van der Waals surface area (Å²) in [5, 5.41) is 3.90. The lowest BCUT2D eigenvalue weighted by molar-refractivity contribution is -0.140. The molecule has 0 aliphatic carbocycles. The third kappa shape index (κ3) is 3.01. The number of hydrogen-bond acceptors (Lipinski definition) is 3. The van der Waals surface area contributed by atoms with Crippen molar-refractivity contribution in [2.45, 2.75) is 6.92 Å². The van der Waals surface area contributed by atoms with E-state index in [1.54, 1.807) is 24.3 Å². The molecule has 3 nitrogen and oxygen atoms in total.